The van der Waals surface area contributed by atoms with Crippen LogP contribution < -0.4 is 4.72 Å². The second-order valence-electron chi connectivity index (χ2n) is 3.81. The van der Waals surface area contributed by atoms with Crippen LogP contribution in [0.3, 0.4) is 0 Å². The number of hydrogen-bond acceptors (Lipinski definition) is 4. The quantitative estimate of drug-likeness (QED) is 0.826. The van der Waals surface area contributed by atoms with Gasteiger partial charge in [0.25, 0.3) is 0 Å². The second-order valence-corrected chi connectivity index (χ2v) is 6.87. The lowest BCUT2D eigenvalue weighted by atomic mass is 10.4. The minimum absolute atomic E-state index is 0.0920. The van der Waals surface area contributed by atoms with Gasteiger partial charge in [-0.2, -0.15) is 8.42 Å². The predicted octanol–water partition coefficient (Wildman–Crippen LogP) is 0.786. The van der Waals surface area contributed by atoms with Crippen molar-refractivity contribution >= 4 is 20.2 Å². The van der Waals surface area contributed by atoms with Crippen LogP contribution in [0.4, 0.5) is 3.89 Å². The number of nitrogens with one attached hydrogen (secondary N) is 1. The van der Waals surface area contributed by atoms with Gasteiger partial charge in [0.1, 0.15) is 0 Å². The summed E-state index contributed by atoms with van der Waals surface area (Å²) in [6, 6.07) is 4.13. The summed E-state index contributed by atoms with van der Waals surface area (Å²) < 4.78 is 59.9. The van der Waals surface area contributed by atoms with Gasteiger partial charge in [0.2, 0.25) is 10.0 Å². The Morgan fingerprint density at radius 1 is 1.12 bits per heavy atom. The van der Waals surface area contributed by atoms with E-state index in [-0.39, 0.29) is 10.9 Å². The molecule has 2 rings (SSSR count). The maximum atomic E-state index is 12.7. The van der Waals surface area contributed by atoms with E-state index in [1.165, 1.54) is 12.1 Å². The summed E-state index contributed by atoms with van der Waals surface area (Å²) in [6.07, 6.45) is 1.53. The summed E-state index contributed by atoms with van der Waals surface area (Å²) in [5, 5.41) is 0. The molecule has 0 aliphatic heterocycles. The SMILES string of the molecule is O=S(=O)(F)c1cccc(S(=O)(=O)NC2CC2)c1. The van der Waals surface area contributed by atoms with E-state index in [1.54, 1.807) is 0 Å². The van der Waals surface area contributed by atoms with Crippen LogP contribution in [-0.4, -0.2) is 22.9 Å². The fraction of sp³-hybridized carbons (Fsp3) is 0.333. The lowest BCUT2D eigenvalue weighted by molar-refractivity contribution is 0.551. The van der Waals surface area contributed by atoms with Gasteiger partial charge in [-0.15, -0.1) is 3.89 Å². The topological polar surface area (TPSA) is 80.3 Å². The monoisotopic (exact) mass is 279 g/mol. The maximum Gasteiger partial charge on any atom is 0.332 e. The summed E-state index contributed by atoms with van der Waals surface area (Å²) in [5.41, 5.74) is 0. The number of hydrogen-bond donors (Lipinski definition) is 1. The Morgan fingerprint density at radius 3 is 2.24 bits per heavy atom. The smallest absolute Gasteiger partial charge is 0.208 e. The van der Waals surface area contributed by atoms with E-state index in [2.05, 4.69) is 4.72 Å². The fourth-order valence-corrected chi connectivity index (χ4v) is 3.22. The van der Waals surface area contributed by atoms with E-state index in [4.69, 9.17) is 0 Å². The average molecular weight is 279 g/mol. The van der Waals surface area contributed by atoms with E-state index >= 15 is 0 Å². The molecule has 1 aromatic carbocycles. The molecule has 0 atom stereocenters. The highest BCUT2D eigenvalue weighted by Crippen LogP contribution is 2.23. The maximum absolute atomic E-state index is 12.7. The van der Waals surface area contributed by atoms with Gasteiger partial charge in [-0.3, -0.25) is 0 Å². The zero-order chi connectivity index (χ0) is 12.7. The van der Waals surface area contributed by atoms with Crippen molar-refractivity contribution in [3.05, 3.63) is 24.3 Å². The van der Waals surface area contributed by atoms with E-state index in [0.717, 1.165) is 25.0 Å². The van der Waals surface area contributed by atoms with Crippen molar-refractivity contribution in [2.75, 3.05) is 0 Å². The fourth-order valence-electron chi connectivity index (χ4n) is 1.28. The van der Waals surface area contributed by atoms with Crippen LogP contribution in [0.2, 0.25) is 0 Å². The normalized spacial score (nSPS) is 17.0. The van der Waals surface area contributed by atoms with Gasteiger partial charge in [0.05, 0.1) is 9.79 Å². The van der Waals surface area contributed by atoms with Crippen molar-refractivity contribution in [1.82, 2.24) is 4.72 Å². The Bertz CT molecular complexity index is 635. The molecule has 5 nitrogen and oxygen atoms in total. The van der Waals surface area contributed by atoms with Gasteiger partial charge in [0.15, 0.2) is 0 Å². The minimum atomic E-state index is -4.89. The summed E-state index contributed by atoms with van der Waals surface area (Å²) in [5.74, 6) is 0. The Balaban J connectivity index is 2.39. The number of sulfonamides is 1. The molecule has 1 aliphatic rings. The van der Waals surface area contributed by atoms with Gasteiger partial charge >= 0.3 is 10.2 Å². The summed E-state index contributed by atoms with van der Waals surface area (Å²) in [7, 11) is -8.65. The van der Waals surface area contributed by atoms with Gasteiger partial charge in [-0.1, -0.05) is 6.07 Å². The van der Waals surface area contributed by atoms with Crippen molar-refractivity contribution in [2.24, 2.45) is 0 Å². The first-order chi connectivity index (χ1) is 7.79. The molecular formula is C9H10FNO4S2. The zero-order valence-electron chi connectivity index (χ0n) is 8.63. The molecule has 0 unspecified atom stereocenters. The van der Waals surface area contributed by atoms with Crippen LogP contribution in [-0.2, 0) is 20.2 Å². The Kier molecular flexibility index (Phi) is 2.96. The molecule has 1 N–H and O–H groups in total. The highest BCUT2D eigenvalue weighted by molar-refractivity contribution is 7.89. The largest absolute Gasteiger partial charge is 0.332 e. The first kappa shape index (κ1) is 12.5. The third-order valence-corrected chi connectivity index (χ3v) is 4.63. The molecule has 0 spiro atoms. The van der Waals surface area contributed by atoms with Gasteiger partial charge in [-0.25, -0.2) is 13.1 Å². The van der Waals surface area contributed by atoms with Crippen LogP contribution >= 0.6 is 0 Å². The van der Waals surface area contributed by atoms with Gasteiger partial charge in [-0.05, 0) is 31.0 Å². The number of halogens is 1. The third kappa shape index (κ3) is 3.02. The second kappa shape index (κ2) is 4.04. The van der Waals surface area contributed by atoms with Crippen molar-refractivity contribution in [3.8, 4) is 0 Å². The molecule has 0 bridgehead atoms. The molecule has 1 fully saturated rings. The zero-order valence-corrected chi connectivity index (χ0v) is 10.3. The van der Waals surface area contributed by atoms with Crippen LogP contribution in [0.25, 0.3) is 0 Å². The third-order valence-electron chi connectivity index (χ3n) is 2.30. The van der Waals surface area contributed by atoms with E-state index in [9.17, 15) is 20.7 Å². The van der Waals surface area contributed by atoms with Crippen LogP contribution in [0.1, 0.15) is 12.8 Å². The van der Waals surface area contributed by atoms with Crippen molar-refractivity contribution in [2.45, 2.75) is 28.7 Å². The lowest BCUT2D eigenvalue weighted by Crippen LogP contribution is -2.25. The van der Waals surface area contributed by atoms with E-state index in [0.29, 0.717) is 0 Å². The van der Waals surface area contributed by atoms with Crippen molar-refractivity contribution < 1.29 is 20.7 Å². The summed E-state index contributed by atoms with van der Waals surface area (Å²) in [4.78, 5) is -0.903. The molecule has 1 saturated carbocycles. The van der Waals surface area contributed by atoms with Gasteiger partial charge in [0, 0.05) is 6.04 Å². The molecule has 0 amide bonds. The molecule has 94 valence electrons. The average Bonchev–Trinajstić information content (AvgIpc) is 3.00. The summed E-state index contributed by atoms with van der Waals surface area (Å²) in [6.45, 7) is 0. The van der Waals surface area contributed by atoms with Crippen LogP contribution in [0.5, 0.6) is 0 Å². The predicted molar refractivity (Wildman–Crippen MR) is 58.1 cm³/mol. The molecule has 0 saturated heterocycles. The van der Waals surface area contributed by atoms with E-state index in [1.807, 2.05) is 0 Å². The molecule has 0 heterocycles. The Morgan fingerprint density at radius 2 is 1.71 bits per heavy atom. The number of rotatable bonds is 4. The molecule has 17 heavy (non-hydrogen) atoms. The lowest BCUT2D eigenvalue weighted by Gasteiger charge is -2.05. The molecule has 0 radical (unpaired) electrons. The molecule has 0 aromatic heterocycles. The highest BCUT2D eigenvalue weighted by atomic mass is 32.3. The minimum Gasteiger partial charge on any atom is -0.208 e. The first-order valence-corrected chi connectivity index (χ1v) is 7.73. The van der Waals surface area contributed by atoms with Crippen LogP contribution in [0.15, 0.2) is 34.1 Å². The number of benzene rings is 1. The molecule has 1 aromatic rings. The molecular weight excluding hydrogens is 269 g/mol. The molecule has 1 aliphatic carbocycles. The highest BCUT2D eigenvalue weighted by Gasteiger charge is 2.28. The first-order valence-electron chi connectivity index (χ1n) is 4.86. The van der Waals surface area contributed by atoms with E-state index < -0.39 is 25.1 Å². The summed E-state index contributed by atoms with van der Waals surface area (Å²) >= 11 is 0. The van der Waals surface area contributed by atoms with Crippen molar-refractivity contribution in [3.63, 3.8) is 0 Å². The Hall–Kier alpha value is -0.990. The Labute approximate surface area is 98.9 Å². The van der Waals surface area contributed by atoms with Crippen molar-refractivity contribution in [1.29, 1.82) is 0 Å². The molecule has 8 heteroatoms. The standard InChI is InChI=1S/C9H10FNO4S2/c10-16(12,13)8-2-1-3-9(6-8)17(14,15)11-7-4-5-7/h1-3,6-7,11H,4-5H2. The van der Waals surface area contributed by atoms with Gasteiger partial charge < -0.3 is 0 Å². The van der Waals surface area contributed by atoms with Crippen LogP contribution in [0, 0.1) is 0 Å².